The summed E-state index contributed by atoms with van der Waals surface area (Å²) in [5.74, 6) is 1.18. The molecule has 0 saturated carbocycles. The van der Waals surface area contributed by atoms with Gasteiger partial charge in [-0.3, -0.25) is 4.79 Å². The summed E-state index contributed by atoms with van der Waals surface area (Å²) in [6, 6.07) is 6.06. The Bertz CT molecular complexity index is 666. The molecule has 1 fully saturated rings. The number of nitrogens with zero attached hydrogens (tertiary/aromatic N) is 1. The van der Waals surface area contributed by atoms with Gasteiger partial charge in [-0.15, -0.1) is 0 Å². The largest absolute Gasteiger partial charge is 0.493 e. The molecule has 1 aliphatic heterocycles. The number of amides is 1. The molecule has 0 radical (unpaired) electrons. The fourth-order valence-electron chi connectivity index (χ4n) is 3.47. The van der Waals surface area contributed by atoms with Crippen LogP contribution in [0.4, 0.5) is 0 Å². The Morgan fingerprint density at radius 1 is 1.30 bits per heavy atom. The fourth-order valence-corrected chi connectivity index (χ4v) is 3.86. The number of hydrogen-bond acceptors (Lipinski definition) is 4. The number of para-hydroxylation sites is 1. The molecule has 1 aromatic rings. The van der Waals surface area contributed by atoms with E-state index in [0.717, 1.165) is 12.0 Å². The first kappa shape index (κ1) is 21.3. The Balaban J connectivity index is 2.35. The number of rotatable bonds is 7. The molecule has 2 atom stereocenters. The normalized spacial score (nSPS) is 19.1. The monoisotopic (exact) mass is 393 g/mol. The molecule has 0 aliphatic carbocycles. The molecule has 1 aromatic carbocycles. The SMILES string of the molecule is CCCNC(=O)[C@@H]1CN(C(=S)NC(C)C)C[C@@H]1c1cccc(OC)c1OC. The van der Waals surface area contributed by atoms with Crippen LogP contribution >= 0.6 is 12.2 Å². The Labute approximate surface area is 167 Å². The molecule has 27 heavy (non-hydrogen) atoms. The maximum absolute atomic E-state index is 12.9. The number of ether oxygens (including phenoxy) is 2. The lowest BCUT2D eigenvalue weighted by Gasteiger charge is -2.23. The van der Waals surface area contributed by atoms with Crippen molar-refractivity contribution in [1.29, 1.82) is 0 Å². The van der Waals surface area contributed by atoms with E-state index < -0.39 is 0 Å². The van der Waals surface area contributed by atoms with Gasteiger partial charge in [0.2, 0.25) is 5.91 Å². The number of benzene rings is 1. The van der Waals surface area contributed by atoms with Crippen molar-refractivity contribution in [2.24, 2.45) is 5.92 Å². The summed E-state index contributed by atoms with van der Waals surface area (Å²) in [6.07, 6.45) is 0.905. The molecule has 1 amide bonds. The molecule has 150 valence electrons. The second-order valence-electron chi connectivity index (χ2n) is 7.10. The third-order valence-electron chi connectivity index (χ3n) is 4.74. The van der Waals surface area contributed by atoms with Crippen LogP contribution in [-0.2, 0) is 4.79 Å². The van der Waals surface area contributed by atoms with E-state index in [1.807, 2.05) is 25.1 Å². The summed E-state index contributed by atoms with van der Waals surface area (Å²) in [5, 5.41) is 7.00. The van der Waals surface area contributed by atoms with Gasteiger partial charge in [-0.1, -0.05) is 19.1 Å². The van der Waals surface area contributed by atoms with Gasteiger partial charge in [0.25, 0.3) is 0 Å². The molecule has 6 nitrogen and oxygen atoms in total. The molecule has 2 rings (SSSR count). The van der Waals surface area contributed by atoms with E-state index in [2.05, 4.69) is 29.4 Å². The van der Waals surface area contributed by atoms with Gasteiger partial charge in [0, 0.05) is 37.2 Å². The van der Waals surface area contributed by atoms with Gasteiger partial charge in [0.05, 0.1) is 20.1 Å². The van der Waals surface area contributed by atoms with Crippen LogP contribution in [0.25, 0.3) is 0 Å². The lowest BCUT2D eigenvalue weighted by atomic mass is 9.87. The smallest absolute Gasteiger partial charge is 0.225 e. The second-order valence-corrected chi connectivity index (χ2v) is 7.48. The average Bonchev–Trinajstić information content (AvgIpc) is 3.10. The Morgan fingerprint density at radius 3 is 2.63 bits per heavy atom. The first-order valence-electron chi connectivity index (χ1n) is 9.46. The Kier molecular flexibility index (Phi) is 7.71. The van der Waals surface area contributed by atoms with Gasteiger partial charge in [0.1, 0.15) is 0 Å². The minimum Gasteiger partial charge on any atom is -0.493 e. The fraction of sp³-hybridized carbons (Fsp3) is 0.600. The van der Waals surface area contributed by atoms with Crippen LogP contribution in [-0.4, -0.2) is 55.8 Å². The molecular weight excluding hydrogens is 362 g/mol. The van der Waals surface area contributed by atoms with E-state index in [1.54, 1.807) is 14.2 Å². The van der Waals surface area contributed by atoms with E-state index >= 15 is 0 Å². The minimum absolute atomic E-state index is 0.0289. The summed E-state index contributed by atoms with van der Waals surface area (Å²) in [6.45, 7) is 8.07. The maximum atomic E-state index is 12.9. The van der Waals surface area contributed by atoms with Crippen LogP contribution in [0, 0.1) is 5.92 Å². The highest BCUT2D eigenvalue weighted by molar-refractivity contribution is 7.80. The highest BCUT2D eigenvalue weighted by atomic mass is 32.1. The van der Waals surface area contributed by atoms with E-state index in [9.17, 15) is 4.79 Å². The molecule has 1 heterocycles. The zero-order valence-electron chi connectivity index (χ0n) is 16.9. The summed E-state index contributed by atoms with van der Waals surface area (Å²) < 4.78 is 11.1. The predicted molar refractivity (Wildman–Crippen MR) is 112 cm³/mol. The van der Waals surface area contributed by atoms with E-state index in [4.69, 9.17) is 21.7 Å². The molecule has 0 spiro atoms. The van der Waals surface area contributed by atoms with Crippen molar-refractivity contribution in [2.45, 2.75) is 39.2 Å². The van der Waals surface area contributed by atoms with Crippen molar-refractivity contribution in [3.63, 3.8) is 0 Å². The zero-order valence-corrected chi connectivity index (χ0v) is 17.7. The van der Waals surface area contributed by atoms with Crippen LogP contribution < -0.4 is 20.1 Å². The lowest BCUT2D eigenvalue weighted by Crippen LogP contribution is -2.42. The highest BCUT2D eigenvalue weighted by Crippen LogP contribution is 2.41. The standard InChI is InChI=1S/C20H31N3O3S/c1-6-10-21-19(24)16-12-23(20(27)22-13(2)3)11-15(16)14-8-7-9-17(25-4)18(14)26-5/h7-9,13,15-16H,6,10-12H2,1-5H3,(H,21,24)(H,22,27)/t15-,16-/m1/s1. The molecule has 0 aromatic heterocycles. The Morgan fingerprint density at radius 2 is 2.04 bits per heavy atom. The molecule has 7 heteroatoms. The van der Waals surface area contributed by atoms with Gasteiger partial charge in [-0.25, -0.2) is 0 Å². The predicted octanol–water partition coefficient (Wildman–Crippen LogP) is 2.53. The van der Waals surface area contributed by atoms with Gasteiger partial charge >= 0.3 is 0 Å². The summed E-state index contributed by atoms with van der Waals surface area (Å²) in [5.41, 5.74) is 0.975. The van der Waals surface area contributed by atoms with Gasteiger partial charge in [-0.2, -0.15) is 0 Å². The van der Waals surface area contributed by atoms with Crippen LogP contribution in [0.3, 0.4) is 0 Å². The summed E-state index contributed by atoms with van der Waals surface area (Å²) in [7, 11) is 3.25. The van der Waals surface area contributed by atoms with Gasteiger partial charge < -0.3 is 25.0 Å². The number of carbonyl (C=O) groups is 1. The van der Waals surface area contributed by atoms with Crippen molar-refractivity contribution in [3.8, 4) is 11.5 Å². The van der Waals surface area contributed by atoms with Crippen molar-refractivity contribution < 1.29 is 14.3 Å². The van der Waals surface area contributed by atoms with E-state index in [0.29, 0.717) is 36.2 Å². The average molecular weight is 394 g/mol. The topological polar surface area (TPSA) is 62.8 Å². The van der Waals surface area contributed by atoms with Crippen LogP contribution in [0.5, 0.6) is 11.5 Å². The molecule has 1 aliphatic rings. The first-order valence-corrected chi connectivity index (χ1v) is 9.87. The first-order chi connectivity index (χ1) is 12.9. The van der Waals surface area contributed by atoms with Crippen LogP contribution in [0.2, 0.25) is 0 Å². The summed E-state index contributed by atoms with van der Waals surface area (Å²) >= 11 is 5.56. The van der Waals surface area contributed by atoms with Crippen molar-refractivity contribution in [1.82, 2.24) is 15.5 Å². The number of hydrogen-bond donors (Lipinski definition) is 2. The third kappa shape index (κ3) is 5.03. The van der Waals surface area contributed by atoms with Gasteiger partial charge in [-0.05, 0) is 38.6 Å². The lowest BCUT2D eigenvalue weighted by molar-refractivity contribution is -0.124. The van der Waals surface area contributed by atoms with Crippen molar-refractivity contribution in [2.75, 3.05) is 33.9 Å². The number of nitrogens with one attached hydrogen (secondary N) is 2. The summed E-state index contributed by atoms with van der Waals surface area (Å²) in [4.78, 5) is 14.9. The third-order valence-corrected chi connectivity index (χ3v) is 5.11. The second kappa shape index (κ2) is 9.78. The molecule has 1 saturated heterocycles. The van der Waals surface area contributed by atoms with Crippen molar-refractivity contribution >= 4 is 23.2 Å². The van der Waals surface area contributed by atoms with E-state index in [-0.39, 0.29) is 23.8 Å². The molecule has 0 unspecified atom stereocenters. The number of likely N-dealkylation sites (tertiary alicyclic amines) is 1. The number of methoxy groups -OCH3 is 2. The number of thiocarbonyl (C=S) groups is 1. The van der Waals surface area contributed by atoms with Crippen LogP contribution in [0.15, 0.2) is 18.2 Å². The van der Waals surface area contributed by atoms with Crippen LogP contribution in [0.1, 0.15) is 38.7 Å². The zero-order chi connectivity index (χ0) is 20.0. The highest BCUT2D eigenvalue weighted by Gasteiger charge is 2.41. The van der Waals surface area contributed by atoms with E-state index in [1.165, 1.54) is 0 Å². The quantitative estimate of drug-likeness (QED) is 0.694. The Hall–Kier alpha value is -2.02. The molecular formula is C20H31N3O3S. The maximum Gasteiger partial charge on any atom is 0.225 e. The number of carbonyl (C=O) groups excluding carboxylic acids is 1. The van der Waals surface area contributed by atoms with Gasteiger partial charge in [0.15, 0.2) is 16.6 Å². The molecule has 0 bridgehead atoms. The minimum atomic E-state index is -0.204. The van der Waals surface area contributed by atoms with Crippen molar-refractivity contribution in [3.05, 3.63) is 23.8 Å². The molecule has 2 N–H and O–H groups in total.